The first-order valence-electron chi connectivity index (χ1n) is 9.06. The van der Waals surface area contributed by atoms with Crippen LogP contribution in [0.5, 0.6) is 5.75 Å². The molecule has 0 heterocycles. The van der Waals surface area contributed by atoms with Crippen LogP contribution in [0.2, 0.25) is 5.02 Å². The number of ketones is 1. The summed E-state index contributed by atoms with van der Waals surface area (Å²) in [7, 11) is 1.64. The number of methoxy groups -OCH3 is 1. The summed E-state index contributed by atoms with van der Waals surface area (Å²) in [4.78, 5) is 13.2. The number of ether oxygens (including phenoxy) is 1. The molecule has 3 heteroatoms. The van der Waals surface area contributed by atoms with E-state index in [0.717, 1.165) is 11.3 Å². The van der Waals surface area contributed by atoms with E-state index in [4.69, 9.17) is 16.3 Å². The molecule has 0 radical (unpaired) electrons. The average Bonchev–Trinajstić information content (AvgIpc) is 3.00. The zero-order valence-electron chi connectivity index (χ0n) is 14.5. The van der Waals surface area contributed by atoms with Gasteiger partial charge in [-0.3, -0.25) is 4.79 Å². The summed E-state index contributed by atoms with van der Waals surface area (Å²) in [6, 6.07) is 16.1. The standard InChI is InChI=1S/C22H23ClO2/c1-25-19-10-9-17(23)13-16(19)14-18(24)21-20(15-7-3-2-4-8-15)22(21)11-5-6-12-22/h2-4,7-10,13,20-21H,5-6,11-12,14H2,1H3/t20-,21-/m1/s1. The minimum Gasteiger partial charge on any atom is -0.496 e. The largest absolute Gasteiger partial charge is 0.496 e. The van der Waals surface area contributed by atoms with Crippen LogP contribution in [-0.2, 0) is 11.2 Å². The van der Waals surface area contributed by atoms with Gasteiger partial charge in [-0.1, -0.05) is 54.8 Å². The molecule has 4 rings (SSSR count). The maximum atomic E-state index is 13.2. The molecule has 0 aliphatic heterocycles. The summed E-state index contributed by atoms with van der Waals surface area (Å²) in [5.74, 6) is 1.60. The molecule has 0 N–H and O–H groups in total. The van der Waals surface area contributed by atoms with Crippen molar-refractivity contribution < 1.29 is 9.53 Å². The van der Waals surface area contributed by atoms with Crippen LogP contribution in [0.4, 0.5) is 0 Å². The quantitative estimate of drug-likeness (QED) is 0.715. The monoisotopic (exact) mass is 354 g/mol. The van der Waals surface area contributed by atoms with E-state index in [0.29, 0.717) is 23.1 Å². The molecule has 0 amide bonds. The number of halogens is 1. The third-order valence-electron chi connectivity index (χ3n) is 6.11. The minimum absolute atomic E-state index is 0.140. The third-order valence-corrected chi connectivity index (χ3v) is 6.35. The second kappa shape index (κ2) is 6.49. The Morgan fingerprint density at radius 1 is 1.16 bits per heavy atom. The van der Waals surface area contributed by atoms with Crippen molar-refractivity contribution in [1.82, 2.24) is 0 Å². The molecule has 2 aromatic rings. The molecular formula is C22H23ClO2. The van der Waals surface area contributed by atoms with Crippen molar-refractivity contribution in [3.05, 3.63) is 64.7 Å². The average molecular weight is 355 g/mol. The molecular weight excluding hydrogens is 332 g/mol. The number of hydrogen-bond acceptors (Lipinski definition) is 2. The lowest BCUT2D eigenvalue weighted by Crippen LogP contribution is -2.11. The van der Waals surface area contributed by atoms with Gasteiger partial charge in [0.15, 0.2) is 0 Å². The fourth-order valence-electron chi connectivity index (χ4n) is 5.02. The van der Waals surface area contributed by atoms with Crippen LogP contribution in [0.1, 0.15) is 42.7 Å². The highest BCUT2D eigenvalue weighted by Crippen LogP contribution is 2.72. The fourth-order valence-corrected chi connectivity index (χ4v) is 5.22. The van der Waals surface area contributed by atoms with Crippen molar-refractivity contribution in [2.24, 2.45) is 11.3 Å². The van der Waals surface area contributed by atoms with Crippen molar-refractivity contribution in [2.45, 2.75) is 38.0 Å². The van der Waals surface area contributed by atoms with Gasteiger partial charge in [-0.2, -0.15) is 0 Å². The molecule has 0 unspecified atom stereocenters. The predicted octanol–water partition coefficient (Wildman–Crippen LogP) is 5.43. The maximum absolute atomic E-state index is 13.2. The Kier molecular flexibility index (Phi) is 4.33. The van der Waals surface area contributed by atoms with Crippen molar-refractivity contribution in [1.29, 1.82) is 0 Å². The number of Topliss-reactive ketones (excluding diaryl/α,β-unsaturated/α-hetero) is 1. The number of carbonyl (C=O) groups excluding carboxylic acids is 1. The van der Waals surface area contributed by atoms with Crippen LogP contribution < -0.4 is 4.74 Å². The Labute approximate surface area is 154 Å². The third kappa shape index (κ3) is 2.87. The molecule has 1 spiro atoms. The first-order chi connectivity index (χ1) is 12.2. The molecule has 2 nitrogen and oxygen atoms in total. The molecule has 0 saturated heterocycles. The smallest absolute Gasteiger partial charge is 0.141 e. The Bertz CT molecular complexity index is 778. The van der Waals surface area contributed by atoms with Crippen LogP contribution in [0, 0.1) is 11.3 Å². The Balaban J connectivity index is 1.60. The fraction of sp³-hybridized carbons (Fsp3) is 0.409. The van der Waals surface area contributed by atoms with Gasteiger partial charge in [-0.05, 0) is 42.0 Å². The molecule has 0 bridgehead atoms. The van der Waals surface area contributed by atoms with Gasteiger partial charge in [0.2, 0.25) is 0 Å². The summed E-state index contributed by atoms with van der Waals surface area (Å²) in [6.45, 7) is 0. The number of hydrogen-bond donors (Lipinski definition) is 0. The van der Waals surface area contributed by atoms with Crippen LogP contribution in [0.15, 0.2) is 48.5 Å². The van der Waals surface area contributed by atoms with E-state index in [1.54, 1.807) is 13.2 Å². The van der Waals surface area contributed by atoms with Crippen molar-refractivity contribution in [3.63, 3.8) is 0 Å². The Hall–Kier alpha value is -1.80. The lowest BCUT2D eigenvalue weighted by atomic mass is 9.95. The Morgan fingerprint density at radius 3 is 2.56 bits per heavy atom. The first kappa shape index (κ1) is 16.7. The van der Waals surface area contributed by atoms with Gasteiger partial charge in [0.25, 0.3) is 0 Å². The Morgan fingerprint density at radius 2 is 1.88 bits per heavy atom. The minimum atomic E-state index is 0.140. The molecule has 2 aromatic carbocycles. The zero-order valence-corrected chi connectivity index (χ0v) is 15.3. The van der Waals surface area contributed by atoms with E-state index in [1.165, 1.54) is 31.2 Å². The molecule has 2 atom stereocenters. The van der Waals surface area contributed by atoms with E-state index in [2.05, 4.69) is 24.3 Å². The van der Waals surface area contributed by atoms with E-state index in [-0.39, 0.29) is 11.3 Å². The summed E-state index contributed by atoms with van der Waals surface area (Å²) in [5, 5.41) is 0.648. The topological polar surface area (TPSA) is 26.3 Å². The van der Waals surface area contributed by atoms with E-state index < -0.39 is 0 Å². The molecule has 2 saturated carbocycles. The van der Waals surface area contributed by atoms with E-state index in [1.807, 2.05) is 18.2 Å². The maximum Gasteiger partial charge on any atom is 0.141 e. The predicted molar refractivity (Wildman–Crippen MR) is 100 cm³/mol. The summed E-state index contributed by atoms with van der Waals surface area (Å²) >= 11 is 6.13. The second-order valence-corrected chi connectivity index (χ2v) is 7.84. The SMILES string of the molecule is COc1ccc(Cl)cc1CC(=O)[C@@H]1[C@@H](c2ccccc2)C12CCCC2. The van der Waals surface area contributed by atoms with E-state index >= 15 is 0 Å². The highest BCUT2D eigenvalue weighted by molar-refractivity contribution is 6.30. The second-order valence-electron chi connectivity index (χ2n) is 7.41. The molecule has 2 aliphatic carbocycles. The molecule has 2 fully saturated rings. The van der Waals surface area contributed by atoms with Crippen LogP contribution in [-0.4, -0.2) is 12.9 Å². The zero-order chi connectivity index (χ0) is 17.4. The molecule has 25 heavy (non-hydrogen) atoms. The number of benzene rings is 2. The van der Waals surface area contributed by atoms with Crippen LogP contribution in [0.25, 0.3) is 0 Å². The van der Waals surface area contributed by atoms with Gasteiger partial charge in [0.1, 0.15) is 11.5 Å². The summed E-state index contributed by atoms with van der Waals surface area (Å²) in [6.07, 6.45) is 5.24. The first-order valence-corrected chi connectivity index (χ1v) is 9.43. The van der Waals surface area contributed by atoms with Gasteiger partial charge < -0.3 is 4.74 Å². The van der Waals surface area contributed by atoms with Gasteiger partial charge in [-0.15, -0.1) is 0 Å². The van der Waals surface area contributed by atoms with Gasteiger partial charge in [0, 0.05) is 28.8 Å². The van der Waals surface area contributed by atoms with Crippen molar-refractivity contribution >= 4 is 17.4 Å². The van der Waals surface area contributed by atoms with Crippen molar-refractivity contribution in [2.75, 3.05) is 7.11 Å². The highest BCUT2D eigenvalue weighted by atomic mass is 35.5. The summed E-state index contributed by atoms with van der Waals surface area (Å²) in [5.41, 5.74) is 2.41. The summed E-state index contributed by atoms with van der Waals surface area (Å²) < 4.78 is 5.42. The molecule has 130 valence electrons. The number of rotatable bonds is 5. The molecule has 2 aliphatic rings. The lowest BCUT2D eigenvalue weighted by Gasteiger charge is -2.10. The van der Waals surface area contributed by atoms with Crippen molar-refractivity contribution in [3.8, 4) is 5.75 Å². The number of carbonyl (C=O) groups is 1. The highest BCUT2D eigenvalue weighted by Gasteiger charge is 2.67. The van der Waals surface area contributed by atoms with E-state index in [9.17, 15) is 4.79 Å². The molecule has 0 aromatic heterocycles. The normalized spacial score (nSPS) is 23.6. The van der Waals surface area contributed by atoms with Gasteiger partial charge in [0.05, 0.1) is 7.11 Å². The van der Waals surface area contributed by atoms with Crippen LogP contribution in [0.3, 0.4) is 0 Å². The lowest BCUT2D eigenvalue weighted by molar-refractivity contribution is -0.120. The van der Waals surface area contributed by atoms with Gasteiger partial charge >= 0.3 is 0 Å². The van der Waals surface area contributed by atoms with Gasteiger partial charge in [-0.25, -0.2) is 0 Å². The van der Waals surface area contributed by atoms with Crippen LogP contribution >= 0.6 is 11.6 Å².